The smallest absolute Gasteiger partial charge is 0.133 e. The van der Waals surface area contributed by atoms with Crippen LogP contribution in [0.15, 0.2) is 22.7 Å². The highest BCUT2D eigenvalue weighted by molar-refractivity contribution is 9.10. The third-order valence-corrected chi connectivity index (χ3v) is 4.13. The number of benzene rings is 1. The van der Waals surface area contributed by atoms with Crippen molar-refractivity contribution in [1.82, 2.24) is 10.2 Å². The fourth-order valence-electron chi connectivity index (χ4n) is 2.18. The predicted molar refractivity (Wildman–Crippen MR) is 94.0 cm³/mol. The summed E-state index contributed by atoms with van der Waals surface area (Å²) >= 11 is 3.58. The molecule has 0 unspecified atom stereocenters. The third-order valence-electron chi connectivity index (χ3n) is 3.51. The molecule has 1 aromatic rings. The van der Waals surface area contributed by atoms with Crippen molar-refractivity contribution < 1.29 is 4.74 Å². The van der Waals surface area contributed by atoms with Gasteiger partial charge in [0.05, 0.1) is 11.1 Å². The van der Waals surface area contributed by atoms with Crippen LogP contribution in [0.2, 0.25) is 0 Å². The van der Waals surface area contributed by atoms with Crippen molar-refractivity contribution in [2.45, 2.75) is 40.2 Å². The molecule has 1 rings (SSSR count). The van der Waals surface area contributed by atoms with Crippen molar-refractivity contribution in [2.24, 2.45) is 0 Å². The lowest BCUT2D eigenvalue weighted by molar-refractivity contribution is 0.298. The van der Waals surface area contributed by atoms with E-state index in [0.29, 0.717) is 0 Å². The van der Waals surface area contributed by atoms with E-state index in [9.17, 15) is 0 Å². The summed E-state index contributed by atoms with van der Waals surface area (Å²) in [6, 6.07) is 6.32. The number of nitrogens with zero attached hydrogens (tertiary/aromatic N) is 1. The van der Waals surface area contributed by atoms with Crippen LogP contribution in [0.1, 0.15) is 39.2 Å². The van der Waals surface area contributed by atoms with E-state index in [-0.39, 0.29) is 0 Å². The lowest BCUT2D eigenvalue weighted by Gasteiger charge is -2.17. The molecule has 0 fully saturated rings. The second kappa shape index (κ2) is 11.0. The molecule has 0 amide bonds. The Hall–Kier alpha value is -0.580. The quantitative estimate of drug-likeness (QED) is 0.605. The normalized spacial score (nSPS) is 11.1. The minimum absolute atomic E-state index is 0.765. The van der Waals surface area contributed by atoms with Gasteiger partial charge in [0.2, 0.25) is 0 Å². The molecular formula is C17H29BrN2O. The van der Waals surface area contributed by atoms with E-state index in [4.69, 9.17) is 4.74 Å². The average molecular weight is 357 g/mol. The van der Waals surface area contributed by atoms with E-state index in [1.165, 1.54) is 18.5 Å². The minimum atomic E-state index is 0.765. The molecule has 0 aliphatic rings. The van der Waals surface area contributed by atoms with Crippen LogP contribution in [-0.2, 0) is 6.54 Å². The van der Waals surface area contributed by atoms with Gasteiger partial charge in [0.1, 0.15) is 5.75 Å². The van der Waals surface area contributed by atoms with Gasteiger partial charge in [0.25, 0.3) is 0 Å². The van der Waals surface area contributed by atoms with Crippen molar-refractivity contribution in [1.29, 1.82) is 0 Å². The molecule has 0 aromatic heterocycles. The first-order chi connectivity index (χ1) is 10.2. The highest BCUT2D eigenvalue weighted by atomic mass is 79.9. The summed E-state index contributed by atoms with van der Waals surface area (Å²) in [4.78, 5) is 2.46. The second-order valence-corrected chi connectivity index (χ2v) is 6.02. The Morgan fingerprint density at radius 3 is 2.57 bits per heavy atom. The van der Waals surface area contributed by atoms with Crippen LogP contribution in [0.5, 0.6) is 5.75 Å². The zero-order chi connectivity index (χ0) is 15.5. The largest absolute Gasteiger partial charge is 0.492 e. The van der Waals surface area contributed by atoms with E-state index in [0.717, 1.165) is 49.4 Å². The maximum Gasteiger partial charge on any atom is 0.133 e. The molecule has 0 saturated carbocycles. The van der Waals surface area contributed by atoms with Crippen LogP contribution in [0.25, 0.3) is 0 Å². The number of nitrogens with one attached hydrogen (secondary N) is 1. The molecule has 1 aromatic carbocycles. The van der Waals surface area contributed by atoms with Gasteiger partial charge in [-0.3, -0.25) is 0 Å². The van der Waals surface area contributed by atoms with Crippen LogP contribution in [-0.4, -0.2) is 37.7 Å². The molecule has 0 atom stereocenters. The molecule has 21 heavy (non-hydrogen) atoms. The Labute approximate surface area is 138 Å². The van der Waals surface area contributed by atoms with Crippen molar-refractivity contribution in [3.63, 3.8) is 0 Å². The standard InChI is InChI=1S/C17H29BrN2O/c1-4-12-21-17-9-8-15(13-16(17)18)14-19-10-7-11-20(5-2)6-3/h8-9,13,19H,4-7,10-12,14H2,1-3H3. The SMILES string of the molecule is CCCOc1ccc(CNCCCN(CC)CC)cc1Br. The number of halogens is 1. The Balaban J connectivity index is 2.27. The van der Waals surface area contributed by atoms with Crippen LogP contribution >= 0.6 is 15.9 Å². The molecule has 0 heterocycles. The molecule has 0 spiro atoms. The van der Waals surface area contributed by atoms with E-state index >= 15 is 0 Å². The van der Waals surface area contributed by atoms with Crippen LogP contribution in [0, 0.1) is 0 Å². The first-order valence-electron chi connectivity index (χ1n) is 8.05. The number of hydrogen-bond donors (Lipinski definition) is 1. The van der Waals surface area contributed by atoms with E-state index in [1.54, 1.807) is 0 Å². The van der Waals surface area contributed by atoms with Gasteiger partial charge in [0, 0.05) is 6.54 Å². The fourth-order valence-corrected chi connectivity index (χ4v) is 2.72. The summed E-state index contributed by atoms with van der Waals surface area (Å²) in [5.74, 6) is 0.933. The molecule has 1 N–H and O–H groups in total. The summed E-state index contributed by atoms with van der Waals surface area (Å²) < 4.78 is 6.70. The lowest BCUT2D eigenvalue weighted by atomic mass is 10.2. The molecule has 0 radical (unpaired) electrons. The van der Waals surface area contributed by atoms with Crippen LogP contribution < -0.4 is 10.1 Å². The summed E-state index contributed by atoms with van der Waals surface area (Å²) in [7, 11) is 0. The summed E-state index contributed by atoms with van der Waals surface area (Å²) in [6.45, 7) is 12.7. The van der Waals surface area contributed by atoms with Crippen LogP contribution in [0.3, 0.4) is 0 Å². The molecule has 0 aliphatic carbocycles. The van der Waals surface area contributed by atoms with Crippen LogP contribution in [0.4, 0.5) is 0 Å². The van der Waals surface area contributed by atoms with Crippen molar-refractivity contribution in [3.8, 4) is 5.75 Å². The van der Waals surface area contributed by atoms with Gasteiger partial charge in [-0.05, 0) is 72.6 Å². The van der Waals surface area contributed by atoms with Crippen molar-refractivity contribution >= 4 is 15.9 Å². The molecule has 4 heteroatoms. The van der Waals surface area contributed by atoms with Gasteiger partial charge in [-0.25, -0.2) is 0 Å². The van der Waals surface area contributed by atoms with Crippen molar-refractivity contribution in [3.05, 3.63) is 28.2 Å². The first-order valence-corrected chi connectivity index (χ1v) is 8.84. The molecule has 120 valence electrons. The lowest BCUT2D eigenvalue weighted by Crippen LogP contribution is -2.27. The zero-order valence-corrected chi connectivity index (χ0v) is 15.2. The monoisotopic (exact) mass is 356 g/mol. The number of ether oxygens (including phenoxy) is 1. The first kappa shape index (κ1) is 18.5. The molecule has 0 aliphatic heterocycles. The summed E-state index contributed by atoms with van der Waals surface area (Å²) in [5.41, 5.74) is 1.29. The van der Waals surface area contributed by atoms with E-state index in [1.807, 2.05) is 6.07 Å². The second-order valence-electron chi connectivity index (χ2n) is 5.17. The average Bonchev–Trinajstić information content (AvgIpc) is 2.50. The molecule has 0 bridgehead atoms. The van der Waals surface area contributed by atoms with E-state index in [2.05, 4.69) is 59.1 Å². The Kier molecular flexibility index (Phi) is 9.72. The molecular weight excluding hydrogens is 328 g/mol. The zero-order valence-electron chi connectivity index (χ0n) is 13.6. The Bertz CT molecular complexity index is 394. The van der Waals surface area contributed by atoms with Gasteiger partial charge in [0.15, 0.2) is 0 Å². The maximum atomic E-state index is 5.66. The molecule has 0 saturated heterocycles. The predicted octanol–water partition coefficient (Wildman–Crippen LogP) is 4.06. The minimum Gasteiger partial charge on any atom is -0.492 e. The van der Waals surface area contributed by atoms with Gasteiger partial charge >= 0.3 is 0 Å². The van der Waals surface area contributed by atoms with Gasteiger partial charge in [-0.2, -0.15) is 0 Å². The number of hydrogen-bond acceptors (Lipinski definition) is 3. The fraction of sp³-hybridized carbons (Fsp3) is 0.647. The van der Waals surface area contributed by atoms with Crippen molar-refractivity contribution in [2.75, 3.05) is 32.8 Å². The topological polar surface area (TPSA) is 24.5 Å². The highest BCUT2D eigenvalue weighted by Crippen LogP contribution is 2.26. The molecule has 3 nitrogen and oxygen atoms in total. The maximum absolute atomic E-state index is 5.66. The third kappa shape index (κ3) is 7.30. The van der Waals surface area contributed by atoms with Gasteiger partial charge in [-0.1, -0.05) is 26.8 Å². The summed E-state index contributed by atoms with van der Waals surface area (Å²) in [5, 5.41) is 3.51. The summed E-state index contributed by atoms with van der Waals surface area (Å²) in [6.07, 6.45) is 2.23. The number of rotatable bonds is 11. The van der Waals surface area contributed by atoms with E-state index < -0.39 is 0 Å². The van der Waals surface area contributed by atoms with Gasteiger partial charge in [-0.15, -0.1) is 0 Å². The Morgan fingerprint density at radius 2 is 1.95 bits per heavy atom. The highest BCUT2D eigenvalue weighted by Gasteiger charge is 2.03. The Morgan fingerprint density at radius 1 is 1.19 bits per heavy atom. The van der Waals surface area contributed by atoms with Gasteiger partial charge < -0.3 is 15.0 Å².